The highest BCUT2D eigenvalue weighted by molar-refractivity contribution is 7.59. The Labute approximate surface area is 216 Å². The minimum atomic E-state index is -5.66. The number of phosphoric ester groups is 3. The molecule has 5 N–H and O–H groups in total. The standard InChI is InChI=1S/C15H22N5O16P3/c16-12-7-13(18-3-17-12)20(4-19-7)14-10(23)8(21)5(32-14)1-30-37(24,25)36-38(26,27)31-2-6-9(22)11-15(33-6)35-39(28,29)34-11/h3-6,8-11,14-15,21-23H,1-2H2,(H,24,25)(H,26,27)(H,28,29)(H2,16,17,18)/p-3. The fraction of sp³-hybridized carbons (Fsp3) is 0.667. The molecular weight excluding hydrogens is 599 g/mol. The second kappa shape index (κ2) is 10.4. The van der Waals surface area contributed by atoms with Crippen LogP contribution in [0.25, 0.3) is 11.2 Å². The molecule has 3 aliphatic heterocycles. The van der Waals surface area contributed by atoms with Crippen LogP contribution in [0, 0.1) is 0 Å². The molecule has 11 atom stereocenters. The van der Waals surface area contributed by atoms with Gasteiger partial charge in [0.1, 0.15) is 48.5 Å². The van der Waals surface area contributed by atoms with E-state index in [1.54, 1.807) is 0 Å². The van der Waals surface area contributed by atoms with Crippen LogP contribution < -0.4 is 20.4 Å². The lowest BCUT2D eigenvalue weighted by Gasteiger charge is -2.32. The van der Waals surface area contributed by atoms with Gasteiger partial charge in [-0.25, -0.2) is 19.3 Å². The summed E-state index contributed by atoms with van der Waals surface area (Å²) in [7, 11) is -16.0. The summed E-state index contributed by atoms with van der Waals surface area (Å²) in [4.78, 5) is 47.1. The Morgan fingerprint density at radius 2 is 1.64 bits per heavy atom. The molecule has 2 aromatic heterocycles. The lowest BCUT2D eigenvalue weighted by molar-refractivity contribution is -0.248. The molecule has 0 radical (unpaired) electrons. The van der Waals surface area contributed by atoms with E-state index < -0.39 is 85.8 Å². The zero-order valence-corrected chi connectivity index (χ0v) is 21.7. The zero-order chi connectivity index (χ0) is 28.3. The molecule has 0 spiro atoms. The quantitative estimate of drug-likeness (QED) is 0.194. The summed E-state index contributed by atoms with van der Waals surface area (Å²) in [5.74, 6) is 0.0344. The monoisotopic (exact) mass is 618 g/mol. The summed E-state index contributed by atoms with van der Waals surface area (Å²) in [6, 6.07) is 0. The van der Waals surface area contributed by atoms with Crippen molar-refractivity contribution in [3.05, 3.63) is 12.7 Å². The van der Waals surface area contributed by atoms with E-state index in [1.807, 2.05) is 0 Å². The average Bonchev–Trinajstić information content (AvgIpc) is 3.54. The minimum Gasteiger partial charge on any atom is -0.756 e. The maximum absolute atomic E-state index is 12.1. The van der Waals surface area contributed by atoms with Crippen LogP contribution in [-0.2, 0) is 45.6 Å². The molecule has 2 aromatic rings. The highest BCUT2D eigenvalue weighted by Crippen LogP contribution is 2.57. The summed E-state index contributed by atoms with van der Waals surface area (Å²) in [6.07, 6.45) is -10.0. The van der Waals surface area contributed by atoms with Gasteiger partial charge in [-0.2, -0.15) is 0 Å². The zero-order valence-electron chi connectivity index (χ0n) is 19.0. The summed E-state index contributed by atoms with van der Waals surface area (Å²) in [5, 5.41) is 30.7. The predicted molar refractivity (Wildman–Crippen MR) is 112 cm³/mol. The van der Waals surface area contributed by atoms with Gasteiger partial charge in [0.15, 0.2) is 24.0 Å². The van der Waals surface area contributed by atoms with Crippen molar-refractivity contribution in [2.24, 2.45) is 0 Å². The van der Waals surface area contributed by atoms with Gasteiger partial charge in [0.25, 0.3) is 23.5 Å². The number of imidazole rings is 1. The third kappa shape index (κ3) is 5.95. The Morgan fingerprint density at radius 1 is 1.00 bits per heavy atom. The fourth-order valence-electron chi connectivity index (χ4n) is 3.99. The molecule has 218 valence electrons. The van der Waals surface area contributed by atoms with Gasteiger partial charge in [-0.1, -0.05) is 0 Å². The van der Waals surface area contributed by atoms with E-state index in [0.29, 0.717) is 0 Å². The number of phosphoric acid groups is 3. The van der Waals surface area contributed by atoms with Crippen molar-refractivity contribution in [2.45, 2.75) is 49.1 Å². The molecule has 0 amide bonds. The van der Waals surface area contributed by atoms with Crippen molar-refractivity contribution in [3.63, 3.8) is 0 Å². The number of aliphatic hydroxyl groups is 3. The maximum atomic E-state index is 12.1. The van der Waals surface area contributed by atoms with E-state index in [2.05, 4.69) is 37.4 Å². The van der Waals surface area contributed by atoms with Crippen molar-refractivity contribution < 1.29 is 75.6 Å². The van der Waals surface area contributed by atoms with E-state index in [0.717, 1.165) is 6.33 Å². The van der Waals surface area contributed by atoms with Crippen molar-refractivity contribution in [3.8, 4) is 0 Å². The van der Waals surface area contributed by atoms with Crippen LogP contribution >= 0.6 is 23.5 Å². The number of fused-ring (bicyclic) bond motifs is 2. The lowest BCUT2D eigenvalue weighted by Crippen LogP contribution is -2.34. The molecule has 0 bridgehead atoms. The molecule has 11 unspecified atom stereocenters. The van der Waals surface area contributed by atoms with Gasteiger partial charge >= 0.3 is 0 Å². The number of ether oxygens (including phenoxy) is 2. The molecule has 0 aromatic carbocycles. The number of rotatable bonds is 9. The Kier molecular flexibility index (Phi) is 7.75. The van der Waals surface area contributed by atoms with Crippen LogP contribution in [-0.4, -0.2) is 91.0 Å². The van der Waals surface area contributed by atoms with Crippen LogP contribution in [0.15, 0.2) is 12.7 Å². The van der Waals surface area contributed by atoms with Gasteiger partial charge in [-0.15, -0.1) is 0 Å². The number of nitrogen functional groups attached to an aromatic ring is 1. The van der Waals surface area contributed by atoms with Crippen molar-refractivity contribution >= 4 is 40.4 Å². The SMILES string of the molecule is Nc1ncnc2c1ncn2C1OC(COP(=O)([O-])OP(=O)([O-])OCC2OC3OP(=O)([O-])OC3C2O)C(O)C1O. The van der Waals surface area contributed by atoms with E-state index in [1.165, 1.54) is 10.9 Å². The van der Waals surface area contributed by atoms with E-state index >= 15 is 0 Å². The van der Waals surface area contributed by atoms with Gasteiger partial charge in [-0.3, -0.25) is 22.8 Å². The number of hydrogen-bond acceptors (Lipinski definition) is 20. The molecule has 3 aliphatic rings. The lowest BCUT2D eigenvalue weighted by atomic mass is 10.1. The van der Waals surface area contributed by atoms with Gasteiger partial charge in [0, 0.05) is 0 Å². The van der Waals surface area contributed by atoms with Gasteiger partial charge < -0.3 is 58.8 Å². The number of hydrogen-bond donors (Lipinski definition) is 4. The number of anilines is 1. The third-order valence-electron chi connectivity index (χ3n) is 5.77. The van der Waals surface area contributed by atoms with Crippen LogP contribution in [0.5, 0.6) is 0 Å². The first-order valence-corrected chi connectivity index (χ1v) is 15.1. The summed E-state index contributed by atoms with van der Waals surface area (Å²) < 4.78 is 68.7. The normalized spacial score (nSPS) is 39.5. The van der Waals surface area contributed by atoms with Gasteiger partial charge in [0.05, 0.1) is 19.5 Å². The first-order chi connectivity index (χ1) is 18.2. The molecule has 21 nitrogen and oxygen atoms in total. The first-order valence-electron chi connectivity index (χ1n) is 10.7. The second-order valence-corrected chi connectivity index (χ2v) is 12.6. The fourth-order valence-corrected chi connectivity index (χ4v) is 7.00. The Morgan fingerprint density at radius 3 is 2.28 bits per heavy atom. The molecule has 0 aliphatic carbocycles. The smallest absolute Gasteiger partial charge is 0.274 e. The van der Waals surface area contributed by atoms with Crippen LogP contribution in [0.3, 0.4) is 0 Å². The molecule has 24 heteroatoms. The highest BCUT2D eigenvalue weighted by Gasteiger charge is 2.53. The predicted octanol–water partition coefficient (Wildman–Crippen LogP) is -4.02. The van der Waals surface area contributed by atoms with Gasteiger partial charge in [-0.05, 0) is 0 Å². The Hall–Kier alpha value is -1.48. The molecule has 0 saturated carbocycles. The molecule has 3 fully saturated rings. The topological polar surface area (TPSA) is 315 Å². The van der Waals surface area contributed by atoms with Crippen LogP contribution in [0.2, 0.25) is 0 Å². The molecular formula is C15H19N5O16P3-3. The summed E-state index contributed by atoms with van der Waals surface area (Å²) >= 11 is 0. The first kappa shape index (κ1) is 29.0. The average molecular weight is 618 g/mol. The summed E-state index contributed by atoms with van der Waals surface area (Å²) in [5.41, 5.74) is 6.03. The van der Waals surface area contributed by atoms with Crippen molar-refractivity contribution in [2.75, 3.05) is 18.9 Å². The molecule has 5 heterocycles. The number of aromatic nitrogens is 4. The number of aliphatic hydroxyl groups excluding tert-OH is 3. The van der Waals surface area contributed by atoms with E-state index in [-0.39, 0.29) is 17.0 Å². The highest BCUT2D eigenvalue weighted by atomic mass is 31.3. The number of nitrogens with two attached hydrogens (primary N) is 1. The Bertz CT molecular complexity index is 1380. The second-order valence-electron chi connectivity index (χ2n) is 8.35. The molecule has 3 saturated heterocycles. The van der Waals surface area contributed by atoms with Gasteiger partial charge in [0.2, 0.25) is 0 Å². The van der Waals surface area contributed by atoms with E-state index in [4.69, 9.17) is 15.2 Å². The maximum Gasteiger partial charge on any atom is 0.274 e. The molecule has 39 heavy (non-hydrogen) atoms. The van der Waals surface area contributed by atoms with E-state index in [9.17, 15) is 43.7 Å². The van der Waals surface area contributed by atoms with Crippen LogP contribution in [0.4, 0.5) is 5.82 Å². The third-order valence-corrected chi connectivity index (χ3v) is 9.27. The molecule has 5 rings (SSSR count). The van der Waals surface area contributed by atoms with Crippen molar-refractivity contribution in [1.29, 1.82) is 0 Å². The Balaban J connectivity index is 1.15. The number of nitrogens with zero attached hydrogens (tertiary/aromatic N) is 4. The van der Waals surface area contributed by atoms with Crippen molar-refractivity contribution in [1.82, 2.24) is 19.5 Å². The largest absolute Gasteiger partial charge is 0.756 e. The summed E-state index contributed by atoms with van der Waals surface area (Å²) in [6.45, 7) is -1.99. The van der Waals surface area contributed by atoms with Crippen LogP contribution in [0.1, 0.15) is 6.23 Å². The minimum absolute atomic E-state index is 0.0344.